The Morgan fingerprint density at radius 2 is 1.93 bits per heavy atom. The monoisotopic (exact) mass is 412 g/mol. The number of hydrogen-bond donors (Lipinski definition) is 0. The topological polar surface area (TPSA) is 42.7 Å². The number of hydrogen-bond acceptors (Lipinski definition) is 5. The molecule has 0 N–H and O–H groups in total. The van der Waals surface area contributed by atoms with E-state index >= 15 is 0 Å². The molecule has 2 aliphatic heterocycles. The van der Waals surface area contributed by atoms with Gasteiger partial charge in [0.2, 0.25) is 0 Å². The van der Waals surface area contributed by atoms with Crippen molar-refractivity contribution in [2.75, 3.05) is 19.8 Å². The lowest BCUT2D eigenvalue weighted by Crippen LogP contribution is -2.25. The summed E-state index contributed by atoms with van der Waals surface area (Å²) in [6.07, 6.45) is 6.10. The van der Waals surface area contributed by atoms with Gasteiger partial charge in [-0.15, -0.1) is 0 Å². The second-order valence-corrected chi connectivity index (χ2v) is 10.9. The van der Waals surface area contributed by atoms with Crippen LogP contribution < -0.4 is 0 Å². The van der Waals surface area contributed by atoms with Crippen LogP contribution in [0.1, 0.15) is 58.7 Å². The molecule has 3 heterocycles. The molecule has 6 heteroatoms. The van der Waals surface area contributed by atoms with E-state index in [0.717, 1.165) is 57.0 Å². The summed E-state index contributed by atoms with van der Waals surface area (Å²) in [5.74, 6) is 2.64. The minimum atomic E-state index is 0.0237. The first-order valence-electron chi connectivity index (χ1n) is 11.1. The molecule has 0 spiro atoms. The number of ether oxygens (including phenoxy) is 1. The third kappa shape index (κ3) is 4.19. The fourth-order valence-corrected chi connectivity index (χ4v) is 5.32. The number of nitrogens with zero attached hydrogens (tertiary/aromatic N) is 4. The predicted octanol–water partition coefficient (Wildman–Crippen LogP) is 5.24. The van der Waals surface area contributed by atoms with E-state index in [9.17, 15) is 0 Å². The molecule has 0 bridgehead atoms. The van der Waals surface area contributed by atoms with E-state index < -0.39 is 0 Å². The van der Waals surface area contributed by atoms with Crippen LogP contribution in [0, 0.1) is 11.8 Å². The largest absolute Gasteiger partial charge is 0.381 e. The molecule has 1 saturated carbocycles. The summed E-state index contributed by atoms with van der Waals surface area (Å²) in [7, 11) is 0. The van der Waals surface area contributed by atoms with Crippen LogP contribution in [-0.2, 0) is 16.7 Å². The van der Waals surface area contributed by atoms with Crippen LogP contribution in [0.4, 0.5) is 0 Å². The van der Waals surface area contributed by atoms with E-state index in [-0.39, 0.29) is 5.41 Å². The first-order chi connectivity index (χ1) is 14.0. The highest BCUT2D eigenvalue weighted by atomic mass is 32.2. The third-order valence-corrected chi connectivity index (χ3v) is 7.17. The lowest BCUT2D eigenvalue weighted by Gasteiger charge is -2.26. The fraction of sp³-hybridized carbons (Fsp3) is 0.652. The average Bonchev–Trinajstić information content (AvgIpc) is 3.33. The van der Waals surface area contributed by atoms with Crippen molar-refractivity contribution in [3.05, 3.63) is 24.0 Å². The summed E-state index contributed by atoms with van der Waals surface area (Å²) in [6.45, 7) is 10.7. The van der Waals surface area contributed by atoms with Gasteiger partial charge >= 0.3 is 0 Å². The molecule has 2 aromatic rings. The van der Waals surface area contributed by atoms with Gasteiger partial charge in [0, 0.05) is 54.1 Å². The van der Waals surface area contributed by atoms with Crippen LogP contribution >= 0.6 is 11.9 Å². The summed E-state index contributed by atoms with van der Waals surface area (Å²) in [4.78, 5) is 6.33. The summed E-state index contributed by atoms with van der Waals surface area (Å²) < 4.78 is 10.2. The average molecular weight is 413 g/mol. The maximum Gasteiger partial charge on any atom is 0.115 e. The normalized spacial score (nSPS) is 21.2. The van der Waals surface area contributed by atoms with Gasteiger partial charge in [0.15, 0.2) is 0 Å². The summed E-state index contributed by atoms with van der Waals surface area (Å²) in [5.41, 5.74) is 3.80. The number of imidazole rings is 1. The number of aromatic nitrogens is 2. The fourth-order valence-electron chi connectivity index (χ4n) is 4.45. The van der Waals surface area contributed by atoms with Crippen LogP contribution in [0.25, 0.3) is 11.0 Å². The molecule has 0 unspecified atom stereocenters. The minimum Gasteiger partial charge on any atom is -0.381 e. The molecule has 2 fully saturated rings. The third-order valence-electron chi connectivity index (χ3n) is 6.23. The molecular weight excluding hydrogens is 380 g/mol. The van der Waals surface area contributed by atoms with Gasteiger partial charge in [0.1, 0.15) is 5.82 Å². The van der Waals surface area contributed by atoms with Gasteiger partial charge in [0.25, 0.3) is 0 Å². The van der Waals surface area contributed by atoms with Crippen molar-refractivity contribution in [2.45, 2.75) is 69.7 Å². The van der Waals surface area contributed by atoms with Gasteiger partial charge in [-0.3, -0.25) is 0 Å². The summed E-state index contributed by atoms with van der Waals surface area (Å²) >= 11 is 1.75. The standard InChI is InChI=1S/C23H32N4OS/c1-23(2,3)22-24-20-14-18(29-27-11-8-19(25-27)17-4-5-17)6-7-21(20)26(22)15-16-9-12-28-13-10-16/h6-7,14,16-17H,4-5,8-13,15H2,1-3H3. The Morgan fingerprint density at radius 1 is 1.14 bits per heavy atom. The zero-order valence-corrected chi connectivity index (χ0v) is 18.7. The van der Waals surface area contributed by atoms with Gasteiger partial charge in [-0.25, -0.2) is 9.40 Å². The van der Waals surface area contributed by atoms with E-state index in [1.165, 1.54) is 34.8 Å². The maximum atomic E-state index is 5.57. The van der Waals surface area contributed by atoms with Gasteiger partial charge in [-0.05, 0) is 55.7 Å². The van der Waals surface area contributed by atoms with Crippen LogP contribution in [0.15, 0.2) is 28.2 Å². The molecule has 0 radical (unpaired) electrons. The van der Waals surface area contributed by atoms with E-state index in [4.69, 9.17) is 14.8 Å². The molecule has 5 rings (SSSR count). The first kappa shape index (κ1) is 19.4. The first-order valence-corrected chi connectivity index (χ1v) is 11.9. The highest BCUT2D eigenvalue weighted by molar-refractivity contribution is 7.97. The molecule has 156 valence electrons. The second kappa shape index (κ2) is 7.62. The smallest absolute Gasteiger partial charge is 0.115 e. The highest BCUT2D eigenvalue weighted by Gasteiger charge is 2.31. The molecule has 0 amide bonds. The predicted molar refractivity (Wildman–Crippen MR) is 119 cm³/mol. The lowest BCUT2D eigenvalue weighted by atomic mass is 9.94. The molecule has 1 aromatic carbocycles. The van der Waals surface area contributed by atoms with Crippen molar-refractivity contribution in [3.8, 4) is 0 Å². The lowest BCUT2D eigenvalue weighted by molar-refractivity contribution is 0.0611. The Bertz CT molecular complexity index is 919. The summed E-state index contributed by atoms with van der Waals surface area (Å²) in [5, 5.41) is 4.84. The zero-order chi connectivity index (χ0) is 20.0. The minimum absolute atomic E-state index is 0.0237. The van der Waals surface area contributed by atoms with Crippen LogP contribution in [0.3, 0.4) is 0 Å². The van der Waals surface area contributed by atoms with Crippen LogP contribution in [-0.4, -0.2) is 39.4 Å². The SMILES string of the molecule is CC(C)(C)c1nc2cc(SN3CCC(C4CC4)=N3)ccc2n1CC1CCOCC1. The van der Waals surface area contributed by atoms with E-state index in [1.54, 1.807) is 11.9 Å². The van der Waals surface area contributed by atoms with Crippen molar-refractivity contribution in [1.29, 1.82) is 0 Å². The Labute approximate surface area is 178 Å². The highest BCUT2D eigenvalue weighted by Crippen LogP contribution is 2.37. The van der Waals surface area contributed by atoms with E-state index in [0.29, 0.717) is 5.92 Å². The number of benzene rings is 1. The Hall–Kier alpha value is -1.53. The maximum absolute atomic E-state index is 5.57. The van der Waals surface area contributed by atoms with Gasteiger partial charge in [0.05, 0.1) is 17.6 Å². The van der Waals surface area contributed by atoms with Crippen molar-refractivity contribution in [2.24, 2.45) is 16.9 Å². The van der Waals surface area contributed by atoms with Gasteiger partial charge in [-0.2, -0.15) is 5.10 Å². The Morgan fingerprint density at radius 3 is 2.66 bits per heavy atom. The quantitative estimate of drug-likeness (QED) is 0.630. The van der Waals surface area contributed by atoms with Crippen molar-refractivity contribution in [1.82, 2.24) is 14.0 Å². The number of rotatable bonds is 5. The molecule has 1 aliphatic carbocycles. The molecule has 3 aliphatic rings. The number of hydrazone groups is 1. The zero-order valence-electron chi connectivity index (χ0n) is 17.9. The van der Waals surface area contributed by atoms with Crippen molar-refractivity contribution >= 4 is 28.7 Å². The van der Waals surface area contributed by atoms with Crippen molar-refractivity contribution in [3.63, 3.8) is 0 Å². The van der Waals surface area contributed by atoms with Crippen LogP contribution in [0.2, 0.25) is 0 Å². The second-order valence-electron chi connectivity index (χ2n) is 9.78. The van der Waals surface area contributed by atoms with Crippen LogP contribution in [0.5, 0.6) is 0 Å². The molecular formula is C23H32N4OS. The van der Waals surface area contributed by atoms with E-state index in [1.807, 2.05) is 0 Å². The Balaban J connectivity index is 1.41. The van der Waals surface area contributed by atoms with E-state index in [2.05, 4.69) is 48.0 Å². The van der Waals surface area contributed by atoms with Gasteiger partial charge < -0.3 is 9.30 Å². The molecule has 1 saturated heterocycles. The number of fused-ring (bicyclic) bond motifs is 1. The van der Waals surface area contributed by atoms with Gasteiger partial charge in [-0.1, -0.05) is 20.8 Å². The molecule has 5 nitrogen and oxygen atoms in total. The molecule has 1 aromatic heterocycles. The molecule has 29 heavy (non-hydrogen) atoms. The molecule has 0 atom stereocenters. The van der Waals surface area contributed by atoms with Crippen molar-refractivity contribution < 1.29 is 4.74 Å². The summed E-state index contributed by atoms with van der Waals surface area (Å²) in [6, 6.07) is 6.76. The Kier molecular flexibility index (Phi) is 5.11.